The van der Waals surface area contributed by atoms with Crippen LogP contribution in [-0.4, -0.2) is 153 Å². The fraction of sp³-hybridized carbons (Fsp3) is 0.897. The normalized spacial score (nSPS) is 41.4. The molecule has 0 aromatic rings. The number of hydrogen-bond donors (Lipinski definition) is 3. The molecule has 8 aliphatic rings. The van der Waals surface area contributed by atoms with Crippen molar-refractivity contribution in [3.05, 3.63) is 0 Å². The Kier molecular flexibility index (Phi) is 13.4. The second-order valence-corrected chi connectivity index (χ2v) is 19.5. The molecule has 4 N–H and O–H groups in total. The van der Waals surface area contributed by atoms with E-state index >= 15 is 0 Å². The maximum Gasteiger partial charge on any atom is 0.356 e. The molecule has 0 radical (unpaired) electrons. The van der Waals surface area contributed by atoms with Crippen molar-refractivity contribution < 1.29 is 110 Å². The van der Waals surface area contributed by atoms with E-state index in [9.17, 15) is 19.2 Å². The van der Waals surface area contributed by atoms with E-state index < -0.39 is 150 Å². The Morgan fingerprint density at radius 1 is 0.492 bits per heavy atom. The zero-order chi connectivity index (χ0) is 47.0. The van der Waals surface area contributed by atoms with E-state index in [2.05, 4.69) is 11.3 Å². The zero-order valence-electron chi connectivity index (χ0n) is 37.8. The van der Waals surface area contributed by atoms with Gasteiger partial charge in [0.2, 0.25) is 0 Å². The fourth-order valence-corrected chi connectivity index (χ4v) is 8.94. The van der Waals surface area contributed by atoms with Gasteiger partial charge in [0.05, 0.1) is 37.6 Å². The lowest BCUT2D eigenvalue weighted by Crippen LogP contribution is -2.47. The smallest absolute Gasteiger partial charge is 0.356 e. The molecule has 26 nitrogen and oxygen atoms in total. The van der Waals surface area contributed by atoms with E-state index in [0.717, 1.165) is 0 Å². The van der Waals surface area contributed by atoms with E-state index in [0.29, 0.717) is 0 Å². The first kappa shape index (κ1) is 48.6. The van der Waals surface area contributed by atoms with Crippen molar-refractivity contribution in [1.82, 2.24) is 11.3 Å². The van der Waals surface area contributed by atoms with Crippen molar-refractivity contribution in [3.63, 3.8) is 0 Å². The van der Waals surface area contributed by atoms with Crippen LogP contribution in [0.15, 0.2) is 0 Å². The summed E-state index contributed by atoms with van der Waals surface area (Å²) in [5.74, 6) is -4.94. The summed E-state index contributed by atoms with van der Waals surface area (Å²) in [4.78, 5) is 79.9. The van der Waals surface area contributed by atoms with Gasteiger partial charge in [-0.2, -0.15) is 0 Å². The molecule has 368 valence electrons. The van der Waals surface area contributed by atoms with Crippen LogP contribution in [0.5, 0.6) is 0 Å². The topological polar surface area (TPSA) is 294 Å². The summed E-state index contributed by atoms with van der Waals surface area (Å²) in [6.45, 7) is 17.6. The second-order valence-electron chi connectivity index (χ2n) is 19.5. The van der Waals surface area contributed by atoms with Crippen molar-refractivity contribution in [2.45, 2.75) is 185 Å². The van der Waals surface area contributed by atoms with Crippen LogP contribution in [0.25, 0.3) is 0 Å². The first-order chi connectivity index (χ1) is 30.3. The SMILES string of the molecule is CC(C)(C)OC(=O)[C@H]1O[C@@H]2OC(C)(C)O[C@@H]2[C@@H]1OC(=O)[C@H]1O[C@@H]2OC(C)(C)O[C@@H]2[C@@H]1CONOC(=O)[C@H]1O[C@@H]2OC(C)(C)O[C@@H]2[C@@H]1CONOC(=O)[C@H]1O[C@@H]2OC(C)(C)O[C@@H]2[C@@H]1CON. The number of esters is 2. The van der Waals surface area contributed by atoms with Crippen molar-refractivity contribution in [2.75, 3.05) is 19.8 Å². The minimum Gasteiger partial charge on any atom is -0.458 e. The first-order valence-corrected chi connectivity index (χ1v) is 21.3. The largest absolute Gasteiger partial charge is 0.458 e. The van der Waals surface area contributed by atoms with E-state index in [1.165, 1.54) is 0 Å². The van der Waals surface area contributed by atoms with Crippen LogP contribution in [0.3, 0.4) is 0 Å². The monoisotopic (exact) mass is 937 g/mol. The number of fused-ring (bicyclic) bond motifs is 4. The van der Waals surface area contributed by atoms with Crippen molar-refractivity contribution in [2.24, 2.45) is 23.7 Å². The standard InChI is InChI=1S/C39H59N3O23/c1-35(2,3)59-28(44)25-24(26-34(54-25)63-39(10,11)58-26)50-27(43)18-16(22-32(51-18)61-37(6,7)56-22)13-48-41-65-30(46)20-17(23-33(53-20)62-38(8,9)57-23)14-49-42-64-29(45)19-15(12-47-40)21-31(52-19)60-36(4,5)55-21/h15-26,31-34,41-42H,12-14,40H2,1-11H3/t15-,16-,17-,18+,19+,20+,21-,22-,23-,24-,25+,26-,31-,32-,33-,34-/m1/s1. The van der Waals surface area contributed by atoms with Crippen LogP contribution in [0.1, 0.15) is 76.2 Å². The maximum atomic E-state index is 14.0. The Morgan fingerprint density at radius 2 is 0.846 bits per heavy atom. The molecule has 0 amide bonds. The third-order valence-electron chi connectivity index (χ3n) is 11.4. The van der Waals surface area contributed by atoms with Crippen LogP contribution in [0, 0.1) is 17.8 Å². The Balaban J connectivity index is 0.864. The molecular formula is C39H59N3O23. The molecule has 26 heteroatoms. The Morgan fingerprint density at radius 3 is 1.25 bits per heavy atom. The Labute approximate surface area is 373 Å². The Hall–Kier alpha value is -2.84. The number of ether oxygens (including phenoxy) is 14. The van der Waals surface area contributed by atoms with E-state index in [1.54, 1.807) is 76.2 Å². The average Bonchev–Trinajstić information content (AvgIpc) is 4.05. The summed E-state index contributed by atoms with van der Waals surface area (Å²) >= 11 is 0. The summed E-state index contributed by atoms with van der Waals surface area (Å²) in [6, 6.07) is 0. The highest BCUT2D eigenvalue weighted by molar-refractivity contribution is 5.79. The van der Waals surface area contributed by atoms with Gasteiger partial charge in [0.15, 0.2) is 84.9 Å². The minimum atomic E-state index is -1.39. The summed E-state index contributed by atoms with van der Waals surface area (Å²) in [6.07, 6.45) is -13.8. The number of hydrogen-bond acceptors (Lipinski definition) is 26. The molecule has 0 bridgehead atoms. The first-order valence-electron chi connectivity index (χ1n) is 21.3. The van der Waals surface area contributed by atoms with Gasteiger partial charge >= 0.3 is 23.9 Å². The lowest BCUT2D eigenvalue weighted by molar-refractivity contribution is -0.244. The fourth-order valence-electron chi connectivity index (χ4n) is 8.94. The number of carbonyl (C=O) groups excluding carboxylic acids is 4. The van der Waals surface area contributed by atoms with Gasteiger partial charge in [-0.1, -0.05) is 0 Å². The highest BCUT2D eigenvalue weighted by Gasteiger charge is 2.63. The molecule has 0 aliphatic carbocycles. The van der Waals surface area contributed by atoms with Gasteiger partial charge in [-0.3, -0.25) is 9.68 Å². The molecule has 8 saturated heterocycles. The molecule has 8 heterocycles. The number of nitrogens with two attached hydrogens (primary N) is 1. The molecule has 0 unspecified atom stereocenters. The average molecular weight is 938 g/mol. The predicted octanol–water partition coefficient (Wildman–Crippen LogP) is -0.557. The summed E-state index contributed by atoms with van der Waals surface area (Å²) in [5.41, 5.74) is 3.39. The molecule has 8 fully saturated rings. The van der Waals surface area contributed by atoms with Crippen LogP contribution >= 0.6 is 0 Å². The molecular weight excluding hydrogens is 878 g/mol. The van der Waals surface area contributed by atoms with Gasteiger partial charge in [-0.05, 0) is 87.4 Å². The van der Waals surface area contributed by atoms with Crippen LogP contribution in [0.2, 0.25) is 0 Å². The van der Waals surface area contributed by atoms with E-state index in [4.69, 9.17) is 96.4 Å². The summed E-state index contributed by atoms with van der Waals surface area (Å²) in [7, 11) is 0. The maximum absolute atomic E-state index is 14.0. The van der Waals surface area contributed by atoms with Crippen LogP contribution in [-0.2, 0) is 110 Å². The van der Waals surface area contributed by atoms with Crippen LogP contribution in [0.4, 0.5) is 0 Å². The lowest BCUT2D eigenvalue weighted by Gasteiger charge is -2.29. The van der Waals surface area contributed by atoms with Crippen molar-refractivity contribution in [3.8, 4) is 0 Å². The minimum absolute atomic E-state index is 0.0963. The molecule has 0 spiro atoms. The van der Waals surface area contributed by atoms with E-state index in [1.807, 2.05) is 0 Å². The number of carbonyl (C=O) groups is 4. The molecule has 65 heavy (non-hydrogen) atoms. The van der Waals surface area contributed by atoms with Gasteiger partial charge in [-0.15, -0.1) is 0 Å². The second kappa shape index (κ2) is 17.9. The molecule has 16 atom stereocenters. The van der Waals surface area contributed by atoms with Gasteiger partial charge in [0, 0.05) is 0 Å². The molecule has 0 aromatic heterocycles. The highest BCUT2D eigenvalue weighted by atomic mass is 16.9. The third-order valence-corrected chi connectivity index (χ3v) is 11.4. The van der Waals surface area contributed by atoms with Crippen molar-refractivity contribution in [1.29, 1.82) is 0 Å². The van der Waals surface area contributed by atoms with Gasteiger partial charge < -0.3 is 80.8 Å². The van der Waals surface area contributed by atoms with Crippen LogP contribution < -0.4 is 17.2 Å². The third kappa shape index (κ3) is 10.4. The van der Waals surface area contributed by atoms with Gasteiger partial charge in [0.25, 0.3) is 0 Å². The summed E-state index contributed by atoms with van der Waals surface area (Å²) in [5, 5.41) is 0. The predicted molar refractivity (Wildman–Crippen MR) is 201 cm³/mol. The lowest BCUT2D eigenvalue weighted by atomic mass is 9.99. The molecule has 0 aromatic carbocycles. The molecule has 8 rings (SSSR count). The summed E-state index contributed by atoms with van der Waals surface area (Å²) < 4.78 is 82.1. The van der Waals surface area contributed by atoms with Crippen molar-refractivity contribution >= 4 is 23.9 Å². The van der Waals surface area contributed by atoms with Gasteiger partial charge in [-0.25, -0.2) is 25.1 Å². The number of rotatable bonds is 15. The molecule has 0 saturated carbocycles. The van der Waals surface area contributed by atoms with Gasteiger partial charge in [0.1, 0.15) is 23.9 Å². The molecule has 8 aliphatic heterocycles. The zero-order valence-corrected chi connectivity index (χ0v) is 37.8. The quantitative estimate of drug-likeness (QED) is 0.0803. The number of nitrogens with one attached hydrogen (secondary N) is 2. The highest BCUT2D eigenvalue weighted by Crippen LogP contribution is 2.45. The van der Waals surface area contributed by atoms with E-state index in [-0.39, 0.29) is 19.8 Å². The Bertz CT molecular complexity index is 1790.